The smallest absolute Gasteiger partial charge is 0.326 e. The van der Waals surface area contributed by atoms with Crippen molar-refractivity contribution < 1.29 is 9.53 Å². The average molecular weight is 316 g/mol. The van der Waals surface area contributed by atoms with Crippen molar-refractivity contribution in [2.75, 3.05) is 24.7 Å². The molecule has 0 bridgehead atoms. The van der Waals surface area contributed by atoms with Crippen molar-refractivity contribution in [3.63, 3.8) is 0 Å². The lowest BCUT2D eigenvalue weighted by atomic mass is 9.95. The van der Waals surface area contributed by atoms with Gasteiger partial charge in [0.1, 0.15) is 5.54 Å². The number of esters is 1. The van der Waals surface area contributed by atoms with Crippen LogP contribution in [-0.2, 0) is 9.53 Å². The van der Waals surface area contributed by atoms with E-state index in [1.165, 1.54) is 43.6 Å². The number of carbonyl (C=O) groups excluding carboxylic acids is 1. The van der Waals surface area contributed by atoms with Crippen molar-refractivity contribution in [2.24, 2.45) is 5.92 Å². The van der Waals surface area contributed by atoms with Crippen LogP contribution in [-0.4, -0.2) is 36.2 Å². The summed E-state index contributed by atoms with van der Waals surface area (Å²) in [5.41, 5.74) is -0.513. The summed E-state index contributed by atoms with van der Waals surface area (Å²) in [7, 11) is 0. The number of rotatable bonds is 11. The molecule has 1 unspecified atom stereocenters. The summed E-state index contributed by atoms with van der Waals surface area (Å²) >= 11 is 2.10. The van der Waals surface area contributed by atoms with E-state index in [0.29, 0.717) is 6.61 Å². The van der Waals surface area contributed by atoms with Gasteiger partial charge in [0.15, 0.2) is 0 Å². The minimum absolute atomic E-state index is 0.106. The first-order valence-electron chi connectivity index (χ1n) is 8.62. The van der Waals surface area contributed by atoms with Gasteiger partial charge in [-0.05, 0) is 63.5 Å². The highest BCUT2D eigenvalue weighted by molar-refractivity contribution is 7.99. The molecule has 0 radical (unpaired) electrons. The van der Waals surface area contributed by atoms with Gasteiger partial charge in [-0.1, -0.05) is 26.2 Å². The molecule has 0 aromatic carbocycles. The Kier molecular flexibility index (Phi) is 9.41. The minimum Gasteiger partial charge on any atom is -0.465 e. The molecule has 0 spiro atoms. The summed E-state index contributed by atoms with van der Waals surface area (Å²) in [4.78, 5) is 12.1. The highest BCUT2D eigenvalue weighted by Crippen LogP contribution is 2.28. The molecule has 0 aromatic heterocycles. The van der Waals surface area contributed by atoms with Crippen LogP contribution in [0.3, 0.4) is 0 Å². The van der Waals surface area contributed by atoms with Crippen molar-refractivity contribution in [3.05, 3.63) is 0 Å². The Labute approximate surface area is 135 Å². The lowest BCUT2D eigenvalue weighted by Gasteiger charge is -2.28. The van der Waals surface area contributed by atoms with Crippen molar-refractivity contribution >= 4 is 17.7 Å². The van der Waals surface area contributed by atoms with Crippen LogP contribution in [0.15, 0.2) is 0 Å². The summed E-state index contributed by atoms with van der Waals surface area (Å²) < 4.78 is 5.20. The quantitative estimate of drug-likeness (QED) is 0.462. The van der Waals surface area contributed by atoms with E-state index in [1.807, 2.05) is 20.8 Å². The molecular formula is C17H33NO2S. The predicted molar refractivity (Wildman–Crippen MR) is 91.8 cm³/mol. The summed E-state index contributed by atoms with van der Waals surface area (Å²) in [6.07, 6.45) is 8.89. The van der Waals surface area contributed by atoms with E-state index in [1.54, 1.807) is 0 Å². The Balaban J connectivity index is 2.15. The van der Waals surface area contributed by atoms with Gasteiger partial charge in [-0.15, -0.1) is 0 Å². The van der Waals surface area contributed by atoms with Gasteiger partial charge in [-0.2, -0.15) is 11.8 Å². The Morgan fingerprint density at radius 3 is 2.62 bits per heavy atom. The second-order valence-corrected chi connectivity index (χ2v) is 7.42. The van der Waals surface area contributed by atoms with E-state index >= 15 is 0 Å². The molecule has 21 heavy (non-hydrogen) atoms. The molecule has 1 atom stereocenters. The molecule has 4 heteroatoms. The van der Waals surface area contributed by atoms with Gasteiger partial charge in [-0.25, -0.2) is 0 Å². The molecule has 1 saturated carbocycles. The first-order valence-corrected chi connectivity index (χ1v) is 9.78. The van der Waals surface area contributed by atoms with Crippen LogP contribution in [0.25, 0.3) is 0 Å². The highest BCUT2D eigenvalue weighted by atomic mass is 32.2. The van der Waals surface area contributed by atoms with Crippen LogP contribution in [0.4, 0.5) is 0 Å². The van der Waals surface area contributed by atoms with Crippen molar-refractivity contribution in [1.82, 2.24) is 5.32 Å². The van der Waals surface area contributed by atoms with Crippen molar-refractivity contribution in [2.45, 2.75) is 71.3 Å². The number of hydrogen-bond acceptors (Lipinski definition) is 4. The third-order valence-electron chi connectivity index (χ3n) is 4.34. The number of ether oxygens (including phenoxy) is 1. The summed E-state index contributed by atoms with van der Waals surface area (Å²) in [6.45, 7) is 7.13. The van der Waals surface area contributed by atoms with E-state index < -0.39 is 5.54 Å². The SMILES string of the molecule is CCNC(C)(CCCCSCC1CCCC1)C(=O)OCC. The third kappa shape index (κ3) is 7.05. The van der Waals surface area contributed by atoms with Gasteiger partial charge in [0, 0.05) is 0 Å². The Morgan fingerprint density at radius 2 is 2.00 bits per heavy atom. The van der Waals surface area contributed by atoms with Gasteiger partial charge in [0.25, 0.3) is 0 Å². The predicted octanol–water partition coefficient (Wildman–Crippen LogP) is 4.01. The maximum atomic E-state index is 12.1. The molecule has 0 aliphatic heterocycles. The number of hydrogen-bond donors (Lipinski definition) is 1. The van der Waals surface area contributed by atoms with Crippen LogP contribution in [0.5, 0.6) is 0 Å². The summed E-state index contributed by atoms with van der Waals surface area (Å²) in [5, 5.41) is 3.30. The van der Waals surface area contributed by atoms with Crippen LogP contribution in [0, 0.1) is 5.92 Å². The lowest BCUT2D eigenvalue weighted by molar-refractivity contribution is -0.150. The molecule has 1 fully saturated rings. The maximum absolute atomic E-state index is 12.1. The number of nitrogens with one attached hydrogen (secondary N) is 1. The van der Waals surface area contributed by atoms with Gasteiger partial charge < -0.3 is 10.1 Å². The Hall–Kier alpha value is -0.220. The van der Waals surface area contributed by atoms with Crippen LogP contribution in [0.2, 0.25) is 0 Å². The molecule has 1 rings (SSSR count). The third-order valence-corrected chi connectivity index (χ3v) is 5.62. The van der Waals surface area contributed by atoms with Crippen molar-refractivity contribution in [1.29, 1.82) is 0 Å². The van der Waals surface area contributed by atoms with Crippen LogP contribution in [0.1, 0.15) is 65.7 Å². The van der Waals surface area contributed by atoms with E-state index in [9.17, 15) is 4.79 Å². The summed E-state index contributed by atoms with van der Waals surface area (Å²) in [5.74, 6) is 3.43. The van der Waals surface area contributed by atoms with E-state index in [0.717, 1.165) is 25.3 Å². The second-order valence-electron chi connectivity index (χ2n) is 6.27. The van der Waals surface area contributed by atoms with Gasteiger partial charge in [-0.3, -0.25) is 4.79 Å². The van der Waals surface area contributed by atoms with E-state index in [4.69, 9.17) is 4.74 Å². The Bertz CT molecular complexity index is 293. The molecule has 1 aliphatic rings. The fourth-order valence-corrected chi connectivity index (χ4v) is 4.29. The first-order chi connectivity index (χ1) is 10.1. The number of thioether (sulfide) groups is 1. The molecule has 1 aliphatic carbocycles. The zero-order valence-corrected chi connectivity index (χ0v) is 14.9. The molecule has 0 saturated heterocycles. The maximum Gasteiger partial charge on any atom is 0.326 e. The second kappa shape index (κ2) is 10.5. The molecule has 0 aromatic rings. The first kappa shape index (κ1) is 18.8. The van der Waals surface area contributed by atoms with Gasteiger partial charge in [0.2, 0.25) is 0 Å². The van der Waals surface area contributed by atoms with Crippen molar-refractivity contribution in [3.8, 4) is 0 Å². The summed E-state index contributed by atoms with van der Waals surface area (Å²) in [6, 6.07) is 0. The molecular weight excluding hydrogens is 282 g/mol. The molecule has 0 heterocycles. The Morgan fingerprint density at radius 1 is 1.29 bits per heavy atom. The van der Waals surface area contributed by atoms with Crippen LogP contribution >= 0.6 is 11.8 Å². The largest absolute Gasteiger partial charge is 0.465 e. The number of unbranched alkanes of at least 4 members (excludes halogenated alkanes) is 1. The molecule has 1 N–H and O–H groups in total. The molecule has 0 amide bonds. The number of likely N-dealkylation sites (N-methyl/N-ethyl adjacent to an activating group) is 1. The average Bonchev–Trinajstić information content (AvgIpc) is 2.96. The monoisotopic (exact) mass is 315 g/mol. The lowest BCUT2D eigenvalue weighted by Crippen LogP contribution is -2.50. The number of carbonyl (C=O) groups is 1. The topological polar surface area (TPSA) is 38.3 Å². The highest BCUT2D eigenvalue weighted by Gasteiger charge is 2.32. The zero-order valence-electron chi connectivity index (χ0n) is 14.1. The van der Waals surface area contributed by atoms with E-state index in [-0.39, 0.29) is 5.97 Å². The minimum atomic E-state index is -0.513. The normalized spacial score (nSPS) is 18.6. The fraction of sp³-hybridized carbons (Fsp3) is 0.941. The van der Waals surface area contributed by atoms with Gasteiger partial charge >= 0.3 is 5.97 Å². The molecule has 3 nitrogen and oxygen atoms in total. The van der Waals surface area contributed by atoms with E-state index in [2.05, 4.69) is 17.1 Å². The standard InChI is InChI=1S/C17H33NO2S/c1-4-18-17(3,16(19)20-5-2)12-8-9-13-21-14-15-10-6-7-11-15/h15,18H,4-14H2,1-3H3. The molecule has 124 valence electrons. The zero-order chi connectivity index (χ0) is 15.6. The fourth-order valence-electron chi connectivity index (χ4n) is 3.05. The van der Waals surface area contributed by atoms with Gasteiger partial charge in [0.05, 0.1) is 6.61 Å². The van der Waals surface area contributed by atoms with Crippen LogP contribution < -0.4 is 5.32 Å².